The summed E-state index contributed by atoms with van der Waals surface area (Å²) < 4.78 is 5.70. The van der Waals surface area contributed by atoms with Gasteiger partial charge in [-0.3, -0.25) is 4.79 Å². The van der Waals surface area contributed by atoms with Crippen LogP contribution in [0.5, 0.6) is 5.75 Å². The van der Waals surface area contributed by atoms with Crippen LogP contribution in [0.1, 0.15) is 49.0 Å². The summed E-state index contributed by atoms with van der Waals surface area (Å²) in [6.07, 6.45) is 6.78. The van der Waals surface area contributed by atoms with Crippen molar-refractivity contribution in [3.05, 3.63) is 65.7 Å². The highest BCUT2D eigenvalue weighted by atomic mass is 32.2. The molecule has 0 aliphatic rings. The summed E-state index contributed by atoms with van der Waals surface area (Å²) in [5, 5.41) is 0. The summed E-state index contributed by atoms with van der Waals surface area (Å²) in [5.74, 6) is 1.97. The van der Waals surface area contributed by atoms with Gasteiger partial charge in [0.2, 0.25) is 0 Å². The second-order valence-electron chi connectivity index (χ2n) is 5.84. The van der Waals surface area contributed by atoms with E-state index in [1.807, 2.05) is 66.4 Å². The molecule has 0 aliphatic heterocycles. The predicted molar refractivity (Wildman–Crippen MR) is 108 cm³/mol. The van der Waals surface area contributed by atoms with Gasteiger partial charge in [0.15, 0.2) is 5.78 Å². The Kier molecular flexibility index (Phi) is 8.33. The van der Waals surface area contributed by atoms with Gasteiger partial charge in [0.25, 0.3) is 0 Å². The Balaban J connectivity index is 1.96. The maximum absolute atomic E-state index is 12.3. The van der Waals surface area contributed by atoms with Gasteiger partial charge in [-0.15, -0.1) is 11.8 Å². The van der Waals surface area contributed by atoms with E-state index >= 15 is 0 Å². The fourth-order valence-electron chi connectivity index (χ4n) is 2.25. The van der Waals surface area contributed by atoms with Crippen LogP contribution >= 0.6 is 11.8 Å². The molecule has 0 aromatic heterocycles. The molecule has 0 amide bonds. The Morgan fingerprint density at radius 3 is 2.60 bits per heavy atom. The quantitative estimate of drug-likeness (QED) is 0.218. The van der Waals surface area contributed by atoms with Gasteiger partial charge in [0.05, 0.1) is 6.61 Å². The number of rotatable bonds is 10. The molecule has 2 aromatic carbocycles. The van der Waals surface area contributed by atoms with Crippen LogP contribution in [0.3, 0.4) is 0 Å². The average molecular weight is 355 g/mol. The van der Waals surface area contributed by atoms with Crippen LogP contribution in [-0.4, -0.2) is 18.1 Å². The predicted octanol–water partition coefficient (Wildman–Crippen LogP) is 6.26. The van der Waals surface area contributed by atoms with E-state index < -0.39 is 0 Å². The molecule has 0 spiro atoms. The van der Waals surface area contributed by atoms with E-state index in [2.05, 4.69) is 13.8 Å². The number of unbranched alkanes of at least 4 members (excludes halogenated alkanes) is 1. The Bertz CT molecular complexity index is 689. The first-order chi connectivity index (χ1) is 12.2. The molecule has 3 heteroatoms. The zero-order valence-corrected chi connectivity index (χ0v) is 15.9. The summed E-state index contributed by atoms with van der Waals surface area (Å²) in [6, 6.07) is 15.7. The zero-order chi connectivity index (χ0) is 17.9. The van der Waals surface area contributed by atoms with E-state index in [0.717, 1.165) is 42.9 Å². The summed E-state index contributed by atoms with van der Waals surface area (Å²) in [5.41, 5.74) is 1.69. The van der Waals surface area contributed by atoms with Crippen molar-refractivity contribution in [2.75, 3.05) is 12.4 Å². The number of hydrogen-bond donors (Lipinski definition) is 0. The van der Waals surface area contributed by atoms with E-state index in [9.17, 15) is 4.79 Å². The van der Waals surface area contributed by atoms with Crippen molar-refractivity contribution in [3.63, 3.8) is 0 Å². The van der Waals surface area contributed by atoms with Gasteiger partial charge in [-0.1, -0.05) is 38.5 Å². The van der Waals surface area contributed by atoms with Crippen molar-refractivity contribution in [1.82, 2.24) is 0 Å². The summed E-state index contributed by atoms with van der Waals surface area (Å²) in [7, 11) is 0. The Hall–Kier alpha value is -2.00. The highest BCUT2D eigenvalue weighted by Gasteiger charge is 2.02. The minimum Gasteiger partial charge on any atom is -0.494 e. The number of allylic oxidation sites excluding steroid dienone is 1. The third-order valence-corrected chi connectivity index (χ3v) is 4.88. The minimum absolute atomic E-state index is 0.0179. The third kappa shape index (κ3) is 6.79. The highest BCUT2D eigenvalue weighted by Crippen LogP contribution is 2.20. The molecule has 0 unspecified atom stereocenters. The molecule has 0 saturated heterocycles. The lowest BCUT2D eigenvalue weighted by atomic mass is 10.1. The van der Waals surface area contributed by atoms with Crippen LogP contribution in [0.15, 0.2) is 59.5 Å². The van der Waals surface area contributed by atoms with Crippen molar-refractivity contribution < 1.29 is 9.53 Å². The topological polar surface area (TPSA) is 26.3 Å². The van der Waals surface area contributed by atoms with Crippen LogP contribution in [0.2, 0.25) is 0 Å². The van der Waals surface area contributed by atoms with E-state index in [-0.39, 0.29) is 5.78 Å². The molecule has 0 N–H and O–H groups in total. The first-order valence-corrected chi connectivity index (χ1v) is 9.89. The first kappa shape index (κ1) is 19.3. The summed E-state index contributed by atoms with van der Waals surface area (Å²) >= 11 is 1.82. The molecule has 0 atom stereocenters. The Morgan fingerprint density at radius 2 is 1.88 bits per heavy atom. The number of hydrogen-bond acceptors (Lipinski definition) is 3. The maximum atomic E-state index is 12.3. The molecule has 2 rings (SSSR count). The van der Waals surface area contributed by atoms with Crippen molar-refractivity contribution in [1.29, 1.82) is 0 Å². The van der Waals surface area contributed by atoms with Gasteiger partial charge in [0.1, 0.15) is 5.75 Å². The molecule has 0 radical (unpaired) electrons. The first-order valence-electron chi connectivity index (χ1n) is 8.91. The fourth-order valence-corrected chi connectivity index (χ4v) is 3.01. The van der Waals surface area contributed by atoms with Crippen molar-refractivity contribution in [2.45, 2.75) is 38.0 Å². The van der Waals surface area contributed by atoms with Gasteiger partial charge in [-0.2, -0.15) is 0 Å². The number of carbonyl (C=O) groups excluding carboxylic acids is 1. The van der Waals surface area contributed by atoms with Crippen LogP contribution < -0.4 is 4.74 Å². The molecule has 0 saturated carbocycles. The van der Waals surface area contributed by atoms with E-state index in [4.69, 9.17) is 4.74 Å². The van der Waals surface area contributed by atoms with Gasteiger partial charge in [-0.25, -0.2) is 0 Å². The number of ketones is 1. The minimum atomic E-state index is 0.0179. The Morgan fingerprint density at radius 1 is 1.08 bits per heavy atom. The van der Waals surface area contributed by atoms with E-state index in [1.165, 1.54) is 4.90 Å². The lowest BCUT2D eigenvalue weighted by molar-refractivity contribution is 0.104. The monoisotopic (exact) mass is 354 g/mol. The van der Waals surface area contributed by atoms with Gasteiger partial charge < -0.3 is 4.74 Å². The van der Waals surface area contributed by atoms with Crippen LogP contribution in [0.25, 0.3) is 6.08 Å². The molecule has 0 aliphatic carbocycles. The second-order valence-corrected chi connectivity index (χ2v) is 7.01. The average Bonchev–Trinajstić information content (AvgIpc) is 2.65. The standard InChI is InChI=1S/C22H26O2S/c1-3-5-15-24-20-8-6-7-18(17-20)9-14-22(23)19-10-12-21(13-11-19)25-16-4-2/h6-14,17H,3-5,15-16H2,1-2H3. The summed E-state index contributed by atoms with van der Waals surface area (Å²) in [4.78, 5) is 13.5. The smallest absolute Gasteiger partial charge is 0.185 e. The fraction of sp³-hybridized carbons (Fsp3) is 0.318. The third-order valence-electron chi connectivity index (χ3n) is 3.66. The van der Waals surface area contributed by atoms with E-state index in [0.29, 0.717) is 5.56 Å². The molecule has 0 heterocycles. The SMILES string of the molecule is CCCCOc1cccc(C=CC(=O)c2ccc(SCCC)cc2)c1. The second kappa shape index (κ2) is 10.8. The number of carbonyl (C=O) groups is 1. The lowest BCUT2D eigenvalue weighted by Crippen LogP contribution is -1.96. The molecule has 0 bridgehead atoms. The molecule has 25 heavy (non-hydrogen) atoms. The molecular formula is C22H26O2S. The van der Waals surface area contributed by atoms with Gasteiger partial charge in [-0.05, 0) is 66.6 Å². The Labute approximate surface area is 155 Å². The zero-order valence-electron chi connectivity index (χ0n) is 15.0. The summed E-state index contributed by atoms with van der Waals surface area (Å²) in [6.45, 7) is 5.04. The van der Waals surface area contributed by atoms with Crippen LogP contribution in [0, 0.1) is 0 Å². The van der Waals surface area contributed by atoms with Crippen LogP contribution in [0.4, 0.5) is 0 Å². The van der Waals surface area contributed by atoms with Gasteiger partial charge >= 0.3 is 0 Å². The molecule has 2 nitrogen and oxygen atoms in total. The van der Waals surface area contributed by atoms with Gasteiger partial charge in [0, 0.05) is 10.5 Å². The van der Waals surface area contributed by atoms with E-state index in [1.54, 1.807) is 6.08 Å². The molecular weight excluding hydrogens is 328 g/mol. The van der Waals surface area contributed by atoms with Crippen molar-refractivity contribution in [3.8, 4) is 5.75 Å². The normalized spacial score (nSPS) is 11.0. The molecule has 132 valence electrons. The van der Waals surface area contributed by atoms with Crippen molar-refractivity contribution in [2.24, 2.45) is 0 Å². The number of ether oxygens (including phenoxy) is 1. The largest absolute Gasteiger partial charge is 0.494 e. The lowest BCUT2D eigenvalue weighted by Gasteiger charge is -2.05. The number of thioether (sulfide) groups is 1. The molecule has 2 aromatic rings. The maximum Gasteiger partial charge on any atom is 0.185 e. The van der Waals surface area contributed by atoms with Crippen molar-refractivity contribution >= 4 is 23.6 Å². The van der Waals surface area contributed by atoms with Crippen LogP contribution in [-0.2, 0) is 0 Å². The molecule has 0 fully saturated rings. The highest BCUT2D eigenvalue weighted by molar-refractivity contribution is 7.99. The number of benzene rings is 2.